The summed E-state index contributed by atoms with van der Waals surface area (Å²) in [5.41, 5.74) is 2.07. The number of aromatic nitrogens is 2. The summed E-state index contributed by atoms with van der Waals surface area (Å²) in [6.45, 7) is 1.81. The maximum absolute atomic E-state index is 12.0. The molecule has 1 amide bonds. The van der Waals surface area contributed by atoms with E-state index in [9.17, 15) is 9.59 Å². The molecule has 0 aliphatic heterocycles. The molecule has 0 spiro atoms. The Morgan fingerprint density at radius 3 is 2.96 bits per heavy atom. The van der Waals surface area contributed by atoms with Crippen LogP contribution in [0.3, 0.4) is 0 Å². The van der Waals surface area contributed by atoms with Gasteiger partial charge >= 0.3 is 5.63 Å². The van der Waals surface area contributed by atoms with Crippen LogP contribution in [0.2, 0.25) is 0 Å². The summed E-state index contributed by atoms with van der Waals surface area (Å²) >= 11 is 1.34. The minimum atomic E-state index is -0.320. The van der Waals surface area contributed by atoms with Crippen molar-refractivity contribution in [2.75, 3.05) is 11.9 Å². The lowest BCUT2D eigenvalue weighted by atomic mass is 10.1. The second kappa shape index (κ2) is 6.87. The molecule has 7 nitrogen and oxygen atoms in total. The molecule has 8 heteroatoms. The van der Waals surface area contributed by atoms with E-state index in [2.05, 4.69) is 15.5 Å². The molecule has 1 aliphatic carbocycles. The van der Waals surface area contributed by atoms with Crippen LogP contribution >= 0.6 is 11.3 Å². The Bertz CT molecular complexity index is 1040. The Hall–Kier alpha value is -2.74. The first kappa shape index (κ1) is 16.7. The van der Waals surface area contributed by atoms with E-state index in [-0.39, 0.29) is 18.1 Å². The van der Waals surface area contributed by atoms with Gasteiger partial charge in [0.15, 0.2) is 6.61 Å². The van der Waals surface area contributed by atoms with E-state index < -0.39 is 0 Å². The normalized spacial score (nSPS) is 13.0. The zero-order chi connectivity index (χ0) is 18.1. The van der Waals surface area contributed by atoms with Crippen molar-refractivity contribution in [3.8, 4) is 5.75 Å². The smallest absolute Gasteiger partial charge is 0.339 e. The molecule has 0 saturated heterocycles. The number of rotatable bonds is 5. The van der Waals surface area contributed by atoms with Crippen LogP contribution in [0.1, 0.15) is 29.5 Å². The Morgan fingerprint density at radius 1 is 1.31 bits per heavy atom. The van der Waals surface area contributed by atoms with Gasteiger partial charge in [-0.05, 0) is 43.4 Å². The molecule has 0 fully saturated rings. The molecule has 4 rings (SSSR count). The Morgan fingerprint density at radius 2 is 2.15 bits per heavy atom. The highest BCUT2D eigenvalue weighted by Gasteiger charge is 2.19. The monoisotopic (exact) mass is 371 g/mol. The molecule has 0 bridgehead atoms. The van der Waals surface area contributed by atoms with Gasteiger partial charge in [0.05, 0.1) is 0 Å². The van der Waals surface area contributed by atoms with Crippen molar-refractivity contribution < 1.29 is 13.9 Å². The number of ether oxygens (including phenoxy) is 1. The predicted octanol–water partition coefficient (Wildman–Crippen LogP) is 2.71. The van der Waals surface area contributed by atoms with Gasteiger partial charge in [-0.25, -0.2) is 4.79 Å². The Kier molecular flexibility index (Phi) is 4.42. The molecule has 1 N–H and O–H groups in total. The quantitative estimate of drug-likeness (QED) is 0.693. The first-order valence-electron chi connectivity index (χ1n) is 8.47. The minimum Gasteiger partial charge on any atom is -0.484 e. The first-order chi connectivity index (χ1) is 12.6. The average Bonchev–Trinajstić information content (AvgIpc) is 3.29. The molecular weight excluding hydrogens is 354 g/mol. The fraction of sp³-hybridized carbons (Fsp3) is 0.333. The Balaban J connectivity index is 1.46. The molecule has 0 saturated carbocycles. The van der Waals surface area contributed by atoms with Crippen LogP contribution in [0.5, 0.6) is 5.75 Å². The minimum absolute atomic E-state index is 0.165. The number of fused-ring (bicyclic) bond motifs is 3. The zero-order valence-corrected chi connectivity index (χ0v) is 15.0. The van der Waals surface area contributed by atoms with Gasteiger partial charge in [0.1, 0.15) is 16.3 Å². The topological polar surface area (TPSA) is 94.3 Å². The van der Waals surface area contributed by atoms with Crippen molar-refractivity contribution >= 4 is 33.3 Å². The lowest BCUT2D eigenvalue weighted by Crippen LogP contribution is -2.20. The number of nitrogens with zero attached hydrogens (tertiary/aromatic N) is 2. The third-order valence-electron chi connectivity index (χ3n) is 4.33. The molecule has 26 heavy (non-hydrogen) atoms. The maximum atomic E-state index is 12.0. The maximum Gasteiger partial charge on any atom is 0.339 e. The number of amides is 1. The highest BCUT2D eigenvalue weighted by atomic mass is 32.1. The number of carbonyl (C=O) groups is 1. The number of anilines is 1. The third kappa shape index (κ3) is 3.20. The van der Waals surface area contributed by atoms with Crippen LogP contribution in [0.4, 0.5) is 5.13 Å². The largest absolute Gasteiger partial charge is 0.484 e. The van der Waals surface area contributed by atoms with Gasteiger partial charge in [-0.2, -0.15) is 0 Å². The van der Waals surface area contributed by atoms with Gasteiger partial charge in [0.25, 0.3) is 5.91 Å². The number of aryl methyl sites for hydroxylation is 2. The Labute approximate surface area is 153 Å². The van der Waals surface area contributed by atoms with Crippen LogP contribution in [0, 0.1) is 0 Å². The summed E-state index contributed by atoms with van der Waals surface area (Å²) in [7, 11) is 0. The summed E-state index contributed by atoms with van der Waals surface area (Å²) in [5, 5.41) is 12.8. The molecule has 1 aromatic carbocycles. The van der Waals surface area contributed by atoms with Crippen LogP contribution < -0.4 is 15.7 Å². The molecule has 2 aromatic heterocycles. The summed E-state index contributed by atoms with van der Waals surface area (Å²) < 4.78 is 10.9. The van der Waals surface area contributed by atoms with E-state index >= 15 is 0 Å². The van der Waals surface area contributed by atoms with Crippen LogP contribution in [-0.4, -0.2) is 22.7 Å². The lowest BCUT2D eigenvalue weighted by Gasteiger charge is -2.08. The van der Waals surface area contributed by atoms with E-state index in [0.29, 0.717) is 16.5 Å². The summed E-state index contributed by atoms with van der Waals surface area (Å²) in [6.07, 6.45) is 3.41. The standard InChI is InChI=1S/C18H17N3O4S/c1-2-16-20-21-18(26-16)19-15(22)9-24-10-6-7-12-11-4-3-5-13(11)17(23)25-14(12)8-10/h6-8H,2-5,9H2,1H3,(H,19,21,22). The van der Waals surface area contributed by atoms with E-state index in [0.717, 1.165) is 47.2 Å². The summed E-state index contributed by atoms with van der Waals surface area (Å²) in [5.74, 6) is 0.152. The van der Waals surface area contributed by atoms with Gasteiger partial charge in [0.2, 0.25) is 5.13 Å². The van der Waals surface area contributed by atoms with E-state index in [4.69, 9.17) is 9.15 Å². The van der Waals surface area contributed by atoms with Crippen molar-refractivity contribution in [1.29, 1.82) is 0 Å². The zero-order valence-electron chi connectivity index (χ0n) is 14.2. The van der Waals surface area contributed by atoms with Gasteiger partial charge in [-0.15, -0.1) is 10.2 Å². The highest BCUT2D eigenvalue weighted by Crippen LogP contribution is 2.29. The summed E-state index contributed by atoms with van der Waals surface area (Å²) in [6, 6.07) is 5.32. The third-order valence-corrected chi connectivity index (χ3v) is 5.31. The number of carbonyl (C=O) groups excluding carboxylic acids is 1. The molecule has 0 radical (unpaired) electrons. The van der Waals surface area contributed by atoms with E-state index in [1.54, 1.807) is 12.1 Å². The van der Waals surface area contributed by atoms with Crippen LogP contribution in [-0.2, 0) is 24.1 Å². The van der Waals surface area contributed by atoms with Crippen LogP contribution in [0.15, 0.2) is 27.4 Å². The predicted molar refractivity (Wildman–Crippen MR) is 97.9 cm³/mol. The molecule has 0 atom stereocenters. The van der Waals surface area contributed by atoms with Gasteiger partial charge in [-0.1, -0.05) is 18.3 Å². The second-order valence-electron chi connectivity index (χ2n) is 6.05. The fourth-order valence-electron chi connectivity index (χ4n) is 3.11. The highest BCUT2D eigenvalue weighted by molar-refractivity contribution is 7.15. The number of nitrogens with one attached hydrogen (secondary N) is 1. The van der Waals surface area contributed by atoms with Gasteiger partial charge < -0.3 is 9.15 Å². The molecular formula is C18H17N3O4S. The number of benzene rings is 1. The average molecular weight is 371 g/mol. The van der Waals surface area contributed by atoms with E-state index in [1.165, 1.54) is 11.3 Å². The molecule has 0 unspecified atom stereocenters. The lowest BCUT2D eigenvalue weighted by molar-refractivity contribution is -0.118. The summed E-state index contributed by atoms with van der Waals surface area (Å²) in [4.78, 5) is 24.0. The fourth-order valence-corrected chi connectivity index (χ4v) is 3.80. The molecule has 1 aliphatic rings. The second-order valence-corrected chi connectivity index (χ2v) is 7.11. The van der Waals surface area contributed by atoms with Crippen molar-refractivity contribution in [3.05, 3.63) is 44.8 Å². The molecule has 134 valence electrons. The first-order valence-corrected chi connectivity index (χ1v) is 9.29. The number of hydrogen-bond acceptors (Lipinski definition) is 7. The number of hydrogen-bond donors (Lipinski definition) is 1. The van der Waals surface area contributed by atoms with Crippen molar-refractivity contribution in [1.82, 2.24) is 10.2 Å². The van der Waals surface area contributed by atoms with Gasteiger partial charge in [-0.3, -0.25) is 10.1 Å². The van der Waals surface area contributed by atoms with Crippen LogP contribution in [0.25, 0.3) is 11.0 Å². The molecule has 2 heterocycles. The van der Waals surface area contributed by atoms with Crippen molar-refractivity contribution in [2.45, 2.75) is 32.6 Å². The van der Waals surface area contributed by atoms with Gasteiger partial charge in [0, 0.05) is 17.0 Å². The molecule has 3 aromatic rings. The van der Waals surface area contributed by atoms with Crippen molar-refractivity contribution in [3.63, 3.8) is 0 Å². The van der Waals surface area contributed by atoms with E-state index in [1.807, 2.05) is 13.0 Å². The van der Waals surface area contributed by atoms with Crippen molar-refractivity contribution in [2.24, 2.45) is 0 Å². The SMILES string of the molecule is CCc1nnc(NC(=O)COc2ccc3c4c(c(=O)oc3c2)CCC4)s1.